The van der Waals surface area contributed by atoms with Gasteiger partial charge >= 0.3 is 0 Å². The molecule has 0 unspecified atom stereocenters. The van der Waals surface area contributed by atoms with Gasteiger partial charge in [-0.15, -0.1) is 0 Å². The molecule has 150 valence electrons. The van der Waals surface area contributed by atoms with Gasteiger partial charge in [0.2, 0.25) is 0 Å². The van der Waals surface area contributed by atoms with Crippen LogP contribution in [0.3, 0.4) is 0 Å². The lowest BCUT2D eigenvalue weighted by atomic mass is 9.84. The molecule has 0 amide bonds. The van der Waals surface area contributed by atoms with E-state index in [1.165, 1.54) is 6.26 Å². The average molecular weight is 403 g/mol. The Hall–Kier alpha value is -2.06. The SMILES string of the molecule is C[C@@H](O)c1nc2cnc3cccnc3c2n1C1CCC(CCS(C)(=O)=O)CC1. The number of imidazole rings is 1. The minimum absolute atomic E-state index is 0.219. The minimum Gasteiger partial charge on any atom is -0.385 e. The molecule has 0 radical (unpaired) electrons. The van der Waals surface area contributed by atoms with E-state index in [0.717, 1.165) is 54.2 Å². The fourth-order valence-electron chi connectivity index (χ4n) is 4.34. The fraction of sp³-hybridized carbons (Fsp3) is 0.550. The molecule has 28 heavy (non-hydrogen) atoms. The van der Waals surface area contributed by atoms with Gasteiger partial charge in [0.25, 0.3) is 0 Å². The van der Waals surface area contributed by atoms with Crippen molar-refractivity contribution >= 4 is 31.9 Å². The van der Waals surface area contributed by atoms with Crippen molar-refractivity contribution in [2.24, 2.45) is 5.92 Å². The quantitative estimate of drug-likeness (QED) is 0.704. The van der Waals surface area contributed by atoms with Crippen molar-refractivity contribution in [3.05, 3.63) is 30.4 Å². The summed E-state index contributed by atoms with van der Waals surface area (Å²) in [5.74, 6) is 1.34. The van der Waals surface area contributed by atoms with Crippen LogP contribution in [0.5, 0.6) is 0 Å². The van der Waals surface area contributed by atoms with E-state index >= 15 is 0 Å². The van der Waals surface area contributed by atoms with Crippen LogP contribution in [0.25, 0.3) is 22.1 Å². The van der Waals surface area contributed by atoms with Crippen molar-refractivity contribution in [1.29, 1.82) is 0 Å². The second-order valence-electron chi connectivity index (χ2n) is 7.97. The number of hydrogen-bond acceptors (Lipinski definition) is 6. The summed E-state index contributed by atoms with van der Waals surface area (Å²) in [6.45, 7) is 1.73. The molecule has 1 N–H and O–H groups in total. The first kappa shape index (κ1) is 19.3. The Balaban J connectivity index is 1.68. The summed E-state index contributed by atoms with van der Waals surface area (Å²) < 4.78 is 25.1. The maximum atomic E-state index is 11.5. The van der Waals surface area contributed by atoms with Crippen LogP contribution in [0.4, 0.5) is 0 Å². The Morgan fingerprint density at radius 3 is 2.64 bits per heavy atom. The third kappa shape index (κ3) is 3.75. The molecule has 3 heterocycles. The summed E-state index contributed by atoms with van der Waals surface area (Å²) in [5.41, 5.74) is 3.30. The summed E-state index contributed by atoms with van der Waals surface area (Å²) in [7, 11) is -2.91. The van der Waals surface area contributed by atoms with Crippen LogP contribution in [0.1, 0.15) is 57.0 Å². The summed E-state index contributed by atoms with van der Waals surface area (Å²) in [6.07, 6.45) is 8.70. The number of aliphatic hydroxyl groups excluding tert-OH is 1. The molecule has 0 saturated heterocycles. The number of nitrogens with zero attached hydrogens (tertiary/aromatic N) is 4. The van der Waals surface area contributed by atoms with E-state index in [1.54, 1.807) is 19.3 Å². The second kappa shape index (κ2) is 7.40. The zero-order chi connectivity index (χ0) is 19.9. The lowest BCUT2D eigenvalue weighted by Crippen LogP contribution is -2.22. The van der Waals surface area contributed by atoms with Gasteiger partial charge in [0.15, 0.2) is 0 Å². The number of fused-ring (bicyclic) bond motifs is 3. The molecule has 1 aliphatic carbocycles. The summed E-state index contributed by atoms with van der Waals surface area (Å²) in [4.78, 5) is 13.6. The topological polar surface area (TPSA) is 98.0 Å². The van der Waals surface area contributed by atoms with Crippen LogP contribution in [-0.4, -0.2) is 45.1 Å². The predicted molar refractivity (Wildman–Crippen MR) is 109 cm³/mol. The monoisotopic (exact) mass is 402 g/mol. The highest BCUT2D eigenvalue weighted by atomic mass is 32.2. The zero-order valence-corrected chi connectivity index (χ0v) is 17.1. The highest BCUT2D eigenvalue weighted by Gasteiger charge is 2.28. The number of aliphatic hydroxyl groups is 1. The Kier molecular flexibility index (Phi) is 5.09. The Morgan fingerprint density at radius 1 is 1.21 bits per heavy atom. The molecule has 3 aromatic rings. The molecule has 3 aromatic heterocycles. The highest BCUT2D eigenvalue weighted by Crippen LogP contribution is 2.38. The van der Waals surface area contributed by atoms with Gasteiger partial charge in [-0.05, 0) is 57.1 Å². The van der Waals surface area contributed by atoms with Crippen LogP contribution < -0.4 is 0 Å². The van der Waals surface area contributed by atoms with Crippen molar-refractivity contribution in [3.63, 3.8) is 0 Å². The van der Waals surface area contributed by atoms with Gasteiger partial charge in [0.1, 0.15) is 32.8 Å². The molecule has 1 saturated carbocycles. The third-order valence-electron chi connectivity index (χ3n) is 5.75. The number of aromatic nitrogens is 4. The van der Waals surface area contributed by atoms with E-state index in [2.05, 4.69) is 19.5 Å². The van der Waals surface area contributed by atoms with Crippen LogP contribution >= 0.6 is 0 Å². The summed E-state index contributed by atoms with van der Waals surface area (Å²) >= 11 is 0. The third-order valence-corrected chi connectivity index (χ3v) is 6.73. The van der Waals surface area contributed by atoms with Crippen LogP contribution in [0.15, 0.2) is 24.5 Å². The van der Waals surface area contributed by atoms with Gasteiger partial charge in [0, 0.05) is 18.5 Å². The second-order valence-corrected chi connectivity index (χ2v) is 10.2. The van der Waals surface area contributed by atoms with Crippen molar-refractivity contribution in [1.82, 2.24) is 19.5 Å². The van der Waals surface area contributed by atoms with E-state index in [9.17, 15) is 13.5 Å². The predicted octanol–water partition coefficient (Wildman–Crippen LogP) is 3.20. The lowest BCUT2D eigenvalue weighted by molar-refractivity contribution is 0.174. The largest absolute Gasteiger partial charge is 0.385 e. The molecule has 0 bridgehead atoms. The summed E-state index contributed by atoms with van der Waals surface area (Å²) in [6, 6.07) is 4.02. The Bertz CT molecular complexity index is 1100. The van der Waals surface area contributed by atoms with E-state index in [-0.39, 0.29) is 11.8 Å². The van der Waals surface area contributed by atoms with Crippen LogP contribution in [0, 0.1) is 5.92 Å². The number of sulfone groups is 1. The first-order valence-electron chi connectivity index (χ1n) is 9.81. The molecule has 8 heteroatoms. The first-order chi connectivity index (χ1) is 13.3. The Labute approximate surface area is 164 Å². The molecular weight excluding hydrogens is 376 g/mol. The van der Waals surface area contributed by atoms with E-state index < -0.39 is 15.9 Å². The van der Waals surface area contributed by atoms with Gasteiger partial charge in [-0.2, -0.15) is 0 Å². The molecule has 0 aromatic carbocycles. The number of rotatable bonds is 5. The smallest absolute Gasteiger partial charge is 0.147 e. The van der Waals surface area contributed by atoms with Crippen molar-refractivity contribution in [2.75, 3.05) is 12.0 Å². The Morgan fingerprint density at radius 2 is 1.96 bits per heavy atom. The molecule has 4 rings (SSSR count). The maximum Gasteiger partial charge on any atom is 0.147 e. The molecule has 0 spiro atoms. The normalized spacial score (nSPS) is 22.0. The highest BCUT2D eigenvalue weighted by molar-refractivity contribution is 7.90. The maximum absolute atomic E-state index is 11.5. The summed E-state index contributed by atoms with van der Waals surface area (Å²) in [5, 5.41) is 10.3. The lowest BCUT2D eigenvalue weighted by Gasteiger charge is -2.31. The van der Waals surface area contributed by atoms with Gasteiger partial charge in [0.05, 0.1) is 23.0 Å². The van der Waals surface area contributed by atoms with E-state index in [4.69, 9.17) is 0 Å². The number of pyridine rings is 2. The molecule has 1 fully saturated rings. The average Bonchev–Trinajstić information content (AvgIpc) is 3.07. The molecule has 7 nitrogen and oxygen atoms in total. The molecule has 1 atom stereocenters. The first-order valence-corrected chi connectivity index (χ1v) is 11.9. The minimum atomic E-state index is -2.91. The standard InChI is InChI=1S/C20H26N4O3S/c1-13(25)20-23-17-12-22-16-4-3-10-21-18(16)19(17)24(20)15-7-5-14(6-8-15)9-11-28(2,26)27/h3-4,10,12-15,25H,5-9,11H2,1-2H3/t13-,14?,15?/m1/s1. The van der Waals surface area contributed by atoms with Crippen molar-refractivity contribution < 1.29 is 13.5 Å². The van der Waals surface area contributed by atoms with Gasteiger partial charge in [-0.1, -0.05) is 0 Å². The van der Waals surface area contributed by atoms with Crippen molar-refractivity contribution in [3.8, 4) is 0 Å². The molecular formula is C20H26N4O3S. The fourth-order valence-corrected chi connectivity index (χ4v) is 5.11. The van der Waals surface area contributed by atoms with E-state index in [1.807, 2.05) is 12.1 Å². The molecule has 0 aliphatic heterocycles. The van der Waals surface area contributed by atoms with E-state index in [0.29, 0.717) is 11.7 Å². The van der Waals surface area contributed by atoms with Gasteiger partial charge < -0.3 is 9.67 Å². The van der Waals surface area contributed by atoms with Crippen LogP contribution in [-0.2, 0) is 9.84 Å². The zero-order valence-electron chi connectivity index (χ0n) is 16.2. The number of hydrogen-bond donors (Lipinski definition) is 1. The van der Waals surface area contributed by atoms with Gasteiger partial charge in [-0.3, -0.25) is 9.97 Å². The van der Waals surface area contributed by atoms with Gasteiger partial charge in [-0.25, -0.2) is 13.4 Å². The van der Waals surface area contributed by atoms with Crippen molar-refractivity contribution in [2.45, 2.75) is 51.2 Å². The van der Waals surface area contributed by atoms with Crippen LogP contribution in [0.2, 0.25) is 0 Å². The molecule has 1 aliphatic rings.